The Balaban J connectivity index is 0. The maximum Gasteiger partial charge on any atom is 0 e. The van der Waals surface area contributed by atoms with E-state index in [0.717, 1.165) is 0 Å². The minimum Gasteiger partial charge on any atom is -0.165 e. The molecule has 0 N–H and O–H groups in total. The van der Waals surface area contributed by atoms with Gasteiger partial charge in [0, 0.05) is 52.4 Å². The minimum atomic E-state index is 0. The van der Waals surface area contributed by atoms with E-state index >= 15 is 0 Å². The second-order valence-electron chi connectivity index (χ2n) is 4.66. The van der Waals surface area contributed by atoms with Crippen LogP contribution in [0.25, 0.3) is 21.9 Å². The molecule has 3 rings (SSSR count). The van der Waals surface area contributed by atoms with Gasteiger partial charge in [-0.25, -0.2) is 0 Å². The number of benzene rings is 2. The Morgan fingerprint density at radius 2 is 1.43 bits per heavy atom. The van der Waals surface area contributed by atoms with Crippen LogP contribution in [0.2, 0.25) is 0 Å². The summed E-state index contributed by atoms with van der Waals surface area (Å²) >= 11 is 0. The van der Waals surface area contributed by atoms with Crippen molar-refractivity contribution in [1.29, 1.82) is 0 Å². The summed E-state index contributed by atoms with van der Waals surface area (Å²) in [6.45, 7) is 4.34. The molecule has 0 unspecified atom stereocenters. The van der Waals surface area contributed by atoms with Crippen molar-refractivity contribution < 1.29 is 52.4 Å². The first-order valence-electron chi connectivity index (χ1n) is 5.98. The molecule has 0 radical (unpaired) electrons. The van der Waals surface area contributed by atoms with Crippen molar-refractivity contribution in [3.05, 3.63) is 65.7 Å². The molecule has 0 fully saturated rings. The van der Waals surface area contributed by atoms with Crippen LogP contribution in [-0.2, 0) is 52.4 Å². The second kappa shape index (κ2) is 10.2. The molecule has 0 aliphatic rings. The van der Waals surface area contributed by atoms with Crippen LogP contribution in [0.5, 0.6) is 0 Å². The van der Waals surface area contributed by atoms with Gasteiger partial charge in [0.15, 0.2) is 0 Å². The van der Waals surface area contributed by atoms with Crippen molar-refractivity contribution in [2.75, 3.05) is 0 Å². The zero-order valence-corrected chi connectivity index (χ0v) is 18.6. The maximum atomic E-state index is 2.28. The SMILES string of the molecule is Cc1cc2c(-c3ccccc3)ccc(C)c2[cH-]1.Cl.Cl.[Zr].[Zr]. The molecular formula is C17H17Cl2Zr2-. The monoisotopic (exact) mass is 471 g/mol. The van der Waals surface area contributed by atoms with E-state index in [0.29, 0.717) is 0 Å². The van der Waals surface area contributed by atoms with E-state index in [-0.39, 0.29) is 77.2 Å². The predicted molar refractivity (Wildman–Crippen MR) is 88.9 cm³/mol. The van der Waals surface area contributed by atoms with Gasteiger partial charge in [0.1, 0.15) is 0 Å². The average molecular weight is 475 g/mol. The number of rotatable bonds is 1. The van der Waals surface area contributed by atoms with Crippen molar-refractivity contribution in [2.45, 2.75) is 13.8 Å². The van der Waals surface area contributed by atoms with Gasteiger partial charge in [-0.05, 0) is 5.56 Å². The Bertz CT molecular complexity index is 676. The third-order valence-corrected chi connectivity index (χ3v) is 3.33. The first-order valence-corrected chi connectivity index (χ1v) is 5.98. The molecule has 0 aromatic heterocycles. The number of fused-ring (bicyclic) bond motifs is 1. The fraction of sp³-hybridized carbons (Fsp3) is 0.118. The molecule has 0 aliphatic heterocycles. The largest absolute Gasteiger partial charge is 0.165 e. The number of aryl methyl sites for hydroxylation is 2. The maximum absolute atomic E-state index is 2.28. The molecule has 3 aromatic carbocycles. The fourth-order valence-corrected chi connectivity index (χ4v) is 2.46. The molecule has 0 amide bonds. The van der Waals surface area contributed by atoms with Crippen LogP contribution in [0, 0.1) is 13.8 Å². The summed E-state index contributed by atoms with van der Waals surface area (Å²) in [6, 6.07) is 19.6. The van der Waals surface area contributed by atoms with E-state index in [1.54, 1.807) is 0 Å². The Morgan fingerprint density at radius 1 is 0.810 bits per heavy atom. The van der Waals surface area contributed by atoms with Gasteiger partial charge in [-0.1, -0.05) is 55.8 Å². The van der Waals surface area contributed by atoms with Gasteiger partial charge in [-0.15, -0.1) is 58.8 Å². The summed E-state index contributed by atoms with van der Waals surface area (Å²) in [5.74, 6) is 0. The molecule has 0 spiro atoms. The molecule has 0 aliphatic carbocycles. The van der Waals surface area contributed by atoms with Crippen LogP contribution in [-0.4, -0.2) is 0 Å². The zero-order valence-electron chi connectivity index (χ0n) is 12.0. The summed E-state index contributed by atoms with van der Waals surface area (Å²) in [5.41, 5.74) is 5.32. The topological polar surface area (TPSA) is 0 Å². The first kappa shape index (κ1) is 23.7. The van der Waals surface area contributed by atoms with Crippen molar-refractivity contribution in [2.24, 2.45) is 0 Å². The van der Waals surface area contributed by atoms with Gasteiger partial charge in [0.25, 0.3) is 0 Å². The van der Waals surface area contributed by atoms with Crippen LogP contribution in [0.15, 0.2) is 54.6 Å². The van der Waals surface area contributed by atoms with Gasteiger partial charge in [-0.2, -0.15) is 6.07 Å². The summed E-state index contributed by atoms with van der Waals surface area (Å²) in [5, 5.41) is 2.75. The zero-order chi connectivity index (χ0) is 11.8. The average Bonchev–Trinajstić information content (AvgIpc) is 2.73. The van der Waals surface area contributed by atoms with Crippen LogP contribution < -0.4 is 0 Å². The van der Waals surface area contributed by atoms with Crippen LogP contribution in [0.1, 0.15) is 11.1 Å². The Kier molecular flexibility index (Phi) is 11.5. The fourth-order valence-electron chi connectivity index (χ4n) is 2.46. The second-order valence-corrected chi connectivity index (χ2v) is 4.66. The smallest absolute Gasteiger partial charge is 0 e. The van der Waals surface area contributed by atoms with Crippen molar-refractivity contribution >= 4 is 35.6 Å². The minimum absolute atomic E-state index is 0. The molecular weight excluding hydrogens is 458 g/mol. The van der Waals surface area contributed by atoms with Gasteiger partial charge in [-0.3, -0.25) is 0 Å². The van der Waals surface area contributed by atoms with E-state index in [9.17, 15) is 0 Å². The van der Waals surface area contributed by atoms with Gasteiger partial charge in [0.2, 0.25) is 0 Å². The molecule has 108 valence electrons. The van der Waals surface area contributed by atoms with Crippen molar-refractivity contribution in [3.8, 4) is 11.1 Å². The summed E-state index contributed by atoms with van der Waals surface area (Å²) in [4.78, 5) is 0. The van der Waals surface area contributed by atoms with E-state index in [1.807, 2.05) is 0 Å². The molecule has 0 saturated carbocycles. The molecule has 3 aromatic rings. The first-order chi connectivity index (χ1) is 8.25. The number of hydrogen-bond acceptors (Lipinski definition) is 0. The van der Waals surface area contributed by atoms with Gasteiger partial charge in [0.05, 0.1) is 0 Å². The van der Waals surface area contributed by atoms with E-state index < -0.39 is 0 Å². The molecule has 4 heteroatoms. The third kappa shape index (κ3) is 4.94. The summed E-state index contributed by atoms with van der Waals surface area (Å²) in [6.07, 6.45) is 0. The Hall–Kier alpha value is 0.396. The van der Waals surface area contributed by atoms with Gasteiger partial charge < -0.3 is 0 Å². The van der Waals surface area contributed by atoms with E-state index in [4.69, 9.17) is 0 Å². The molecule has 0 atom stereocenters. The number of halogens is 2. The van der Waals surface area contributed by atoms with Crippen molar-refractivity contribution in [1.82, 2.24) is 0 Å². The number of hydrogen-bond donors (Lipinski definition) is 0. The molecule has 0 nitrogen and oxygen atoms in total. The normalized spacial score (nSPS) is 8.86. The van der Waals surface area contributed by atoms with Crippen LogP contribution in [0.4, 0.5) is 0 Å². The van der Waals surface area contributed by atoms with Gasteiger partial charge >= 0.3 is 0 Å². The molecule has 0 bridgehead atoms. The standard InChI is InChI=1S/C17H15.2ClH.2Zr/c1-12-10-16-13(2)8-9-15(17(16)11-12)14-6-4-3-5-7-14;;;;/h3-11H,1-2H3;2*1H;;/q-1;;;;. The Labute approximate surface area is 177 Å². The van der Waals surface area contributed by atoms with Crippen molar-refractivity contribution in [3.63, 3.8) is 0 Å². The molecule has 21 heavy (non-hydrogen) atoms. The Morgan fingerprint density at radius 3 is 2.05 bits per heavy atom. The summed E-state index contributed by atoms with van der Waals surface area (Å²) in [7, 11) is 0. The summed E-state index contributed by atoms with van der Waals surface area (Å²) < 4.78 is 0. The van der Waals surface area contributed by atoms with E-state index in [1.165, 1.54) is 33.0 Å². The molecule has 0 heterocycles. The third-order valence-electron chi connectivity index (χ3n) is 3.33. The quantitative estimate of drug-likeness (QED) is 0.398. The predicted octanol–water partition coefficient (Wildman–Crippen LogP) is 5.68. The van der Waals surface area contributed by atoms with E-state index in [2.05, 4.69) is 68.4 Å². The van der Waals surface area contributed by atoms with Crippen LogP contribution >= 0.6 is 24.8 Å². The van der Waals surface area contributed by atoms with Crippen LogP contribution in [0.3, 0.4) is 0 Å². The molecule has 0 saturated heterocycles.